The largest absolute Gasteiger partial charge is 0.351 e. The van der Waals surface area contributed by atoms with Crippen molar-refractivity contribution in [1.82, 2.24) is 15.1 Å². The lowest BCUT2D eigenvalue weighted by atomic mass is 10.2. The molecule has 2 heterocycles. The summed E-state index contributed by atoms with van der Waals surface area (Å²) in [6, 6.07) is 9.60. The fraction of sp³-hybridized carbons (Fsp3) is 0.250. The lowest BCUT2D eigenvalue weighted by Crippen LogP contribution is -2.24. The van der Waals surface area contributed by atoms with Crippen molar-refractivity contribution in [3.63, 3.8) is 0 Å². The van der Waals surface area contributed by atoms with E-state index in [1.165, 1.54) is 11.3 Å². The van der Waals surface area contributed by atoms with E-state index in [9.17, 15) is 4.79 Å². The highest BCUT2D eigenvalue weighted by molar-refractivity contribution is 7.13. The van der Waals surface area contributed by atoms with Crippen LogP contribution < -0.4 is 5.32 Å². The number of halogens is 1. The number of nitrogens with one attached hydrogen (secondary N) is 1. The molecular formula is C16H16ClN3OS. The SMILES string of the molecule is Cc1ccc(C(=O)NCCCn2ncc3c(Cl)cccc32)s1. The van der Waals surface area contributed by atoms with Gasteiger partial charge in [0.25, 0.3) is 5.91 Å². The zero-order valence-electron chi connectivity index (χ0n) is 12.2. The van der Waals surface area contributed by atoms with Crippen molar-refractivity contribution < 1.29 is 4.79 Å². The number of thiophene rings is 1. The molecular weight excluding hydrogens is 318 g/mol. The molecule has 0 fully saturated rings. The molecule has 4 nitrogen and oxygen atoms in total. The number of fused-ring (bicyclic) bond motifs is 1. The fourth-order valence-corrected chi connectivity index (χ4v) is 3.32. The Bertz CT molecular complexity index is 809. The van der Waals surface area contributed by atoms with Crippen LogP contribution in [0.3, 0.4) is 0 Å². The number of amides is 1. The molecule has 22 heavy (non-hydrogen) atoms. The van der Waals surface area contributed by atoms with Crippen molar-refractivity contribution in [3.8, 4) is 0 Å². The van der Waals surface area contributed by atoms with Crippen LogP contribution in [0.1, 0.15) is 21.0 Å². The zero-order valence-corrected chi connectivity index (χ0v) is 13.7. The quantitative estimate of drug-likeness (QED) is 0.720. The number of rotatable bonds is 5. The summed E-state index contributed by atoms with van der Waals surface area (Å²) in [4.78, 5) is 13.8. The van der Waals surface area contributed by atoms with E-state index in [0.717, 1.165) is 33.6 Å². The van der Waals surface area contributed by atoms with Gasteiger partial charge in [0.05, 0.1) is 21.6 Å². The number of hydrogen-bond donors (Lipinski definition) is 1. The Hall–Kier alpha value is -1.85. The van der Waals surface area contributed by atoms with Crippen LogP contribution in [-0.4, -0.2) is 22.2 Å². The second-order valence-corrected chi connectivity index (χ2v) is 6.76. The molecule has 1 aromatic carbocycles. The molecule has 3 rings (SSSR count). The van der Waals surface area contributed by atoms with Crippen LogP contribution in [0.5, 0.6) is 0 Å². The average molecular weight is 334 g/mol. The van der Waals surface area contributed by atoms with Crippen molar-refractivity contribution in [2.75, 3.05) is 6.54 Å². The lowest BCUT2D eigenvalue weighted by Gasteiger charge is -2.05. The molecule has 0 spiro atoms. The van der Waals surface area contributed by atoms with Gasteiger partial charge in [-0.05, 0) is 37.6 Å². The Morgan fingerprint density at radius 1 is 1.36 bits per heavy atom. The van der Waals surface area contributed by atoms with Crippen molar-refractivity contribution in [3.05, 3.63) is 51.3 Å². The van der Waals surface area contributed by atoms with Gasteiger partial charge >= 0.3 is 0 Å². The highest BCUT2D eigenvalue weighted by Gasteiger charge is 2.08. The summed E-state index contributed by atoms with van der Waals surface area (Å²) in [5.74, 6) is -0.00790. The Kier molecular flexibility index (Phi) is 4.45. The number of carbonyl (C=O) groups excluding carboxylic acids is 1. The summed E-state index contributed by atoms with van der Waals surface area (Å²) in [7, 11) is 0. The Morgan fingerprint density at radius 3 is 3.00 bits per heavy atom. The number of carbonyl (C=O) groups is 1. The summed E-state index contributed by atoms with van der Waals surface area (Å²) >= 11 is 7.64. The third-order valence-corrected chi connectivity index (χ3v) is 4.76. The van der Waals surface area contributed by atoms with Gasteiger partial charge < -0.3 is 5.32 Å². The normalized spacial score (nSPS) is 11.0. The van der Waals surface area contributed by atoms with Gasteiger partial charge in [-0.25, -0.2) is 0 Å². The molecule has 0 saturated heterocycles. The van der Waals surface area contributed by atoms with Crippen molar-refractivity contribution in [2.45, 2.75) is 19.9 Å². The van der Waals surface area contributed by atoms with Crippen LogP contribution in [-0.2, 0) is 6.54 Å². The minimum absolute atomic E-state index is 0.00790. The van der Waals surface area contributed by atoms with E-state index in [0.29, 0.717) is 11.6 Å². The molecule has 0 atom stereocenters. The van der Waals surface area contributed by atoms with E-state index >= 15 is 0 Å². The average Bonchev–Trinajstić information content (AvgIpc) is 3.11. The van der Waals surface area contributed by atoms with Gasteiger partial charge in [-0.15, -0.1) is 11.3 Å². The first kappa shape index (κ1) is 15.1. The molecule has 0 aliphatic carbocycles. The lowest BCUT2D eigenvalue weighted by molar-refractivity contribution is 0.0956. The molecule has 0 unspecified atom stereocenters. The molecule has 6 heteroatoms. The van der Waals surface area contributed by atoms with Crippen LogP contribution in [0.25, 0.3) is 10.9 Å². The topological polar surface area (TPSA) is 46.9 Å². The van der Waals surface area contributed by atoms with Crippen molar-refractivity contribution >= 4 is 39.7 Å². The molecule has 0 aliphatic heterocycles. The molecule has 3 aromatic rings. The molecule has 0 radical (unpaired) electrons. The first-order valence-electron chi connectivity index (χ1n) is 7.10. The summed E-state index contributed by atoms with van der Waals surface area (Å²) < 4.78 is 1.92. The number of hydrogen-bond acceptors (Lipinski definition) is 3. The summed E-state index contributed by atoms with van der Waals surface area (Å²) in [5.41, 5.74) is 1.02. The van der Waals surface area contributed by atoms with Crippen LogP contribution in [0.4, 0.5) is 0 Å². The van der Waals surface area contributed by atoms with Gasteiger partial charge in [0, 0.05) is 23.4 Å². The van der Waals surface area contributed by atoms with Crippen LogP contribution in [0, 0.1) is 6.92 Å². The third kappa shape index (κ3) is 3.15. The third-order valence-electron chi connectivity index (χ3n) is 3.43. The van der Waals surface area contributed by atoms with E-state index in [1.807, 2.05) is 41.9 Å². The van der Waals surface area contributed by atoms with Crippen LogP contribution in [0.15, 0.2) is 36.5 Å². The van der Waals surface area contributed by atoms with Crippen LogP contribution >= 0.6 is 22.9 Å². The van der Waals surface area contributed by atoms with E-state index in [2.05, 4.69) is 10.4 Å². The molecule has 1 N–H and O–H groups in total. The predicted octanol–water partition coefficient (Wildman–Crippen LogP) is 3.88. The number of benzene rings is 1. The van der Waals surface area contributed by atoms with E-state index in [4.69, 9.17) is 11.6 Å². The van der Waals surface area contributed by atoms with Gasteiger partial charge in [0.15, 0.2) is 0 Å². The van der Waals surface area contributed by atoms with Gasteiger partial charge in [0.2, 0.25) is 0 Å². The molecule has 0 bridgehead atoms. The Balaban J connectivity index is 1.54. The Labute approximate surface area is 137 Å². The maximum Gasteiger partial charge on any atom is 0.261 e. The van der Waals surface area contributed by atoms with Gasteiger partial charge in [-0.2, -0.15) is 5.10 Å². The van der Waals surface area contributed by atoms with Crippen LogP contribution in [0.2, 0.25) is 5.02 Å². The van der Waals surface area contributed by atoms with Gasteiger partial charge in [0.1, 0.15) is 0 Å². The molecule has 0 saturated carbocycles. The number of aryl methyl sites for hydroxylation is 2. The maximum atomic E-state index is 11.9. The molecule has 1 amide bonds. The zero-order chi connectivity index (χ0) is 15.5. The second-order valence-electron chi connectivity index (χ2n) is 5.06. The number of nitrogens with zero attached hydrogens (tertiary/aromatic N) is 2. The summed E-state index contributed by atoms with van der Waals surface area (Å²) in [5, 5.41) is 8.97. The van der Waals surface area contributed by atoms with E-state index in [-0.39, 0.29) is 5.91 Å². The maximum absolute atomic E-state index is 11.9. The second kappa shape index (κ2) is 6.50. The fourth-order valence-electron chi connectivity index (χ4n) is 2.32. The standard InChI is InChI=1S/C16H16ClN3OS/c1-11-6-7-15(22-11)16(21)18-8-3-9-20-14-5-2-4-13(17)12(14)10-19-20/h2,4-7,10H,3,8-9H2,1H3,(H,18,21). The molecule has 2 aromatic heterocycles. The Morgan fingerprint density at radius 2 is 2.23 bits per heavy atom. The van der Waals surface area contributed by atoms with Gasteiger partial charge in [-0.3, -0.25) is 9.48 Å². The highest BCUT2D eigenvalue weighted by atomic mass is 35.5. The van der Waals surface area contributed by atoms with Crippen molar-refractivity contribution in [2.24, 2.45) is 0 Å². The van der Waals surface area contributed by atoms with Crippen molar-refractivity contribution in [1.29, 1.82) is 0 Å². The summed E-state index contributed by atoms with van der Waals surface area (Å²) in [6.45, 7) is 3.36. The first-order valence-corrected chi connectivity index (χ1v) is 8.29. The smallest absolute Gasteiger partial charge is 0.261 e. The van der Waals surface area contributed by atoms with Gasteiger partial charge in [-0.1, -0.05) is 17.7 Å². The minimum Gasteiger partial charge on any atom is -0.351 e. The minimum atomic E-state index is -0.00790. The molecule has 114 valence electrons. The first-order chi connectivity index (χ1) is 10.6. The summed E-state index contributed by atoms with van der Waals surface area (Å²) in [6.07, 6.45) is 2.60. The highest BCUT2D eigenvalue weighted by Crippen LogP contribution is 2.22. The van der Waals surface area contributed by atoms with E-state index < -0.39 is 0 Å². The number of aromatic nitrogens is 2. The monoisotopic (exact) mass is 333 g/mol. The molecule has 0 aliphatic rings. The predicted molar refractivity (Wildman–Crippen MR) is 90.7 cm³/mol. The van der Waals surface area contributed by atoms with E-state index in [1.54, 1.807) is 6.20 Å².